The molecule has 2 aromatic heterocycles. The molecular weight excluding hydrogens is 299 g/mol. The lowest BCUT2D eigenvalue weighted by Crippen LogP contribution is -2.02. The normalized spacial score (nSPS) is 11.3. The summed E-state index contributed by atoms with van der Waals surface area (Å²) in [6, 6.07) is 10.2. The van der Waals surface area contributed by atoms with Gasteiger partial charge < -0.3 is 4.57 Å². The lowest BCUT2D eigenvalue weighted by atomic mass is 10.2. The average Bonchev–Trinajstić information content (AvgIpc) is 2.94. The van der Waals surface area contributed by atoms with Gasteiger partial charge in [0.15, 0.2) is 0 Å². The van der Waals surface area contributed by atoms with Gasteiger partial charge >= 0.3 is 0 Å². The molecule has 0 saturated carbocycles. The van der Waals surface area contributed by atoms with Crippen molar-refractivity contribution in [2.45, 2.75) is 19.3 Å². The number of thiophene rings is 1. The van der Waals surface area contributed by atoms with Crippen molar-refractivity contribution >= 4 is 45.6 Å². The molecule has 2 heterocycles. The van der Waals surface area contributed by atoms with E-state index in [1.807, 2.05) is 18.2 Å². The standard InChI is InChI=1S/C14H12Cl2N2S/c1-9-2-4-11-12(6-9)18(14(7-15)17-11)8-10-3-5-13(16)19-10/h2-6H,7-8H2,1H3. The number of aromatic nitrogens is 2. The van der Waals surface area contributed by atoms with Crippen LogP contribution in [0.2, 0.25) is 4.34 Å². The van der Waals surface area contributed by atoms with E-state index in [0.717, 1.165) is 27.7 Å². The molecule has 3 rings (SSSR count). The van der Waals surface area contributed by atoms with Crippen LogP contribution in [0, 0.1) is 6.92 Å². The Morgan fingerprint density at radius 3 is 2.79 bits per heavy atom. The Morgan fingerprint density at radius 2 is 2.11 bits per heavy atom. The van der Waals surface area contributed by atoms with E-state index in [1.165, 1.54) is 10.4 Å². The number of alkyl halides is 1. The van der Waals surface area contributed by atoms with E-state index in [9.17, 15) is 0 Å². The Balaban J connectivity index is 2.12. The summed E-state index contributed by atoms with van der Waals surface area (Å²) in [6.07, 6.45) is 0. The molecule has 0 saturated heterocycles. The number of fused-ring (bicyclic) bond motifs is 1. The number of rotatable bonds is 3. The summed E-state index contributed by atoms with van der Waals surface area (Å²) in [5.74, 6) is 1.30. The summed E-state index contributed by atoms with van der Waals surface area (Å²) < 4.78 is 2.97. The summed E-state index contributed by atoms with van der Waals surface area (Å²) in [5.41, 5.74) is 3.34. The highest BCUT2D eigenvalue weighted by Gasteiger charge is 2.11. The van der Waals surface area contributed by atoms with Crippen LogP contribution >= 0.6 is 34.5 Å². The van der Waals surface area contributed by atoms with Crippen LogP contribution < -0.4 is 0 Å². The van der Waals surface area contributed by atoms with Crippen LogP contribution in [0.5, 0.6) is 0 Å². The van der Waals surface area contributed by atoms with Gasteiger partial charge in [0.25, 0.3) is 0 Å². The molecular formula is C14H12Cl2N2S. The van der Waals surface area contributed by atoms with Crippen LogP contribution in [0.15, 0.2) is 30.3 Å². The first kappa shape index (κ1) is 13.0. The Hall–Kier alpha value is -1.03. The molecule has 0 spiro atoms. The van der Waals surface area contributed by atoms with Crippen molar-refractivity contribution in [3.63, 3.8) is 0 Å². The summed E-state index contributed by atoms with van der Waals surface area (Å²) >= 11 is 13.6. The number of halogens is 2. The second-order valence-corrected chi connectivity index (χ2v) is 6.51. The van der Waals surface area contributed by atoms with E-state index in [1.54, 1.807) is 11.3 Å². The third-order valence-corrected chi connectivity index (χ3v) is 4.50. The van der Waals surface area contributed by atoms with Gasteiger partial charge in [0.05, 0.1) is 27.8 Å². The van der Waals surface area contributed by atoms with Crippen molar-refractivity contribution in [1.82, 2.24) is 9.55 Å². The van der Waals surface area contributed by atoms with Gasteiger partial charge in [-0.3, -0.25) is 0 Å². The third kappa shape index (κ3) is 2.50. The molecule has 0 radical (unpaired) electrons. The quantitative estimate of drug-likeness (QED) is 0.632. The maximum atomic E-state index is 6.01. The first-order valence-corrected chi connectivity index (χ1v) is 7.66. The Bertz CT molecular complexity index is 730. The fourth-order valence-electron chi connectivity index (χ4n) is 2.15. The number of benzene rings is 1. The molecule has 0 unspecified atom stereocenters. The van der Waals surface area contributed by atoms with E-state index in [0.29, 0.717) is 5.88 Å². The minimum absolute atomic E-state index is 0.410. The van der Waals surface area contributed by atoms with E-state index in [2.05, 4.69) is 28.6 Å². The van der Waals surface area contributed by atoms with Crippen molar-refractivity contribution in [2.75, 3.05) is 0 Å². The smallest absolute Gasteiger partial charge is 0.125 e. The highest BCUT2D eigenvalue weighted by Crippen LogP contribution is 2.25. The molecule has 5 heteroatoms. The molecule has 0 aliphatic rings. The minimum atomic E-state index is 0.410. The van der Waals surface area contributed by atoms with Crippen LogP contribution in [0.3, 0.4) is 0 Å². The topological polar surface area (TPSA) is 17.8 Å². The molecule has 0 fully saturated rings. The van der Waals surface area contributed by atoms with Gasteiger partial charge in [-0.15, -0.1) is 22.9 Å². The molecule has 0 N–H and O–H groups in total. The second kappa shape index (κ2) is 5.16. The van der Waals surface area contributed by atoms with Gasteiger partial charge in [0.2, 0.25) is 0 Å². The molecule has 0 amide bonds. The van der Waals surface area contributed by atoms with Crippen molar-refractivity contribution in [1.29, 1.82) is 0 Å². The Labute approximate surface area is 125 Å². The highest BCUT2D eigenvalue weighted by atomic mass is 35.5. The molecule has 0 aliphatic carbocycles. The molecule has 1 aromatic carbocycles. The summed E-state index contributed by atoms with van der Waals surface area (Å²) in [4.78, 5) is 5.78. The van der Waals surface area contributed by atoms with Gasteiger partial charge in [-0.05, 0) is 36.8 Å². The lowest BCUT2D eigenvalue weighted by Gasteiger charge is -2.06. The predicted octanol–water partition coefficient (Wildman–Crippen LogP) is 4.85. The van der Waals surface area contributed by atoms with Gasteiger partial charge in [0.1, 0.15) is 5.82 Å². The monoisotopic (exact) mass is 310 g/mol. The maximum absolute atomic E-state index is 6.01. The third-order valence-electron chi connectivity index (χ3n) is 3.05. The number of hydrogen-bond acceptors (Lipinski definition) is 2. The molecule has 0 bridgehead atoms. The molecule has 2 nitrogen and oxygen atoms in total. The summed E-state index contributed by atoms with van der Waals surface area (Å²) in [6.45, 7) is 2.85. The largest absolute Gasteiger partial charge is 0.322 e. The van der Waals surface area contributed by atoms with Crippen LogP contribution in [0.4, 0.5) is 0 Å². The van der Waals surface area contributed by atoms with Crippen LogP contribution in [-0.4, -0.2) is 9.55 Å². The van der Waals surface area contributed by atoms with E-state index < -0.39 is 0 Å². The van der Waals surface area contributed by atoms with Gasteiger partial charge in [0, 0.05) is 4.88 Å². The zero-order chi connectivity index (χ0) is 13.4. The number of hydrogen-bond donors (Lipinski definition) is 0. The van der Waals surface area contributed by atoms with Crippen LogP contribution in [0.25, 0.3) is 11.0 Å². The van der Waals surface area contributed by atoms with Gasteiger partial charge in [-0.1, -0.05) is 17.7 Å². The highest BCUT2D eigenvalue weighted by molar-refractivity contribution is 7.16. The van der Waals surface area contributed by atoms with Gasteiger partial charge in [-0.2, -0.15) is 0 Å². The summed E-state index contributed by atoms with van der Waals surface area (Å²) in [7, 11) is 0. The van der Waals surface area contributed by atoms with Gasteiger partial charge in [-0.25, -0.2) is 4.98 Å². The molecule has 3 aromatic rings. The molecule has 0 aliphatic heterocycles. The number of imidazole rings is 1. The average molecular weight is 311 g/mol. The zero-order valence-corrected chi connectivity index (χ0v) is 12.7. The van der Waals surface area contributed by atoms with Crippen molar-refractivity contribution in [2.24, 2.45) is 0 Å². The minimum Gasteiger partial charge on any atom is -0.322 e. The van der Waals surface area contributed by atoms with Crippen LogP contribution in [0.1, 0.15) is 16.3 Å². The number of aryl methyl sites for hydroxylation is 1. The van der Waals surface area contributed by atoms with Crippen molar-refractivity contribution in [3.05, 3.63) is 50.9 Å². The van der Waals surface area contributed by atoms with E-state index >= 15 is 0 Å². The fraction of sp³-hybridized carbons (Fsp3) is 0.214. The van der Waals surface area contributed by atoms with Crippen molar-refractivity contribution < 1.29 is 0 Å². The fourth-order valence-corrected chi connectivity index (χ4v) is 3.43. The van der Waals surface area contributed by atoms with E-state index in [4.69, 9.17) is 23.2 Å². The SMILES string of the molecule is Cc1ccc2nc(CCl)n(Cc3ccc(Cl)s3)c2c1. The van der Waals surface area contributed by atoms with Crippen LogP contribution in [-0.2, 0) is 12.4 Å². The second-order valence-electron chi connectivity index (χ2n) is 4.45. The molecule has 98 valence electrons. The van der Waals surface area contributed by atoms with E-state index in [-0.39, 0.29) is 0 Å². The first-order valence-electron chi connectivity index (χ1n) is 5.93. The maximum Gasteiger partial charge on any atom is 0.125 e. The number of nitrogens with zero attached hydrogens (tertiary/aromatic N) is 2. The Morgan fingerprint density at radius 1 is 1.26 bits per heavy atom. The summed E-state index contributed by atoms with van der Waals surface area (Å²) in [5, 5.41) is 0. The zero-order valence-electron chi connectivity index (χ0n) is 10.4. The molecule has 0 atom stereocenters. The Kier molecular flexibility index (Phi) is 3.52. The predicted molar refractivity (Wildman–Crippen MR) is 82.5 cm³/mol. The van der Waals surface area contributed by atoms with Crippen molar-refractivity contribution in [3.8, 4) is 0 Å². The first-order chi connectivity index (χ1) is 9.17. The lowest BCUT2D eigenvalue weighted by molar-refractivity contribution is 0.789. The molecule has 19 heavy (non-hydrogen) atoms.